The fraction of sp³-hybridized carbons (Fsp3) is 0.650. The first kappa shape index (κ1) is 19.1. The van der Waals surface area contributed by atoms with E-state index in [1.807, 2.05) is 19.1 Å². The summed E-state index contributed by atoms with van der Waals surface area (Å²) in [5.74, 6) is 1.44. The number of nitrogens with one attached hydrogen (secondary N) is 1. The van der Waals surface area contributed by atoms with Crippen molar-refractivity contribution >= 4 is 17.5 Å². The van der Waals surface area contributed by atoms with E-state index in [2.05, 4.69) is 26.1 Å². The van der Waals surface area contributed by atoms with Crippen LogP contribution in [0, 0.1) is 18.3 Å². The lowest BCUT2D eigenvalue weighted by Gasteiger charge is -2.39. The van der Waals surface area contributed by atoms with Crippen LogP contribution in [0.4, 0.5) is 0 Å². The Labute approximate surface area is 151 Å². The topological polar surface area (TPSA) is 38.3 Å². The molecule has 0 bridgehead atoms. The molecule has 1 amide bonds. The van der Waals surface area contributed by atoms with E-state index in [-0.39, 0.29) is 18.6 Å². The Morgan fingerprint density at radius 2 is 1.96 bits per heavy atom. The van der Waals surface area contributed by atoms with Crippen LogP contribution in [-0.4, -0.2) is 18.6 Å². The molecule has 1 saturated carbocycles. The highest BCUT2D eigenvalue weighted by Crippen LogP contribution is 2.40. The molecule has 3 nitrogen and oxygen atoms in total. The Kier molecular flexibility index (Phi) is 6.56. The molecular weight excluding hydrogens is 322 g/mol. The van der Waals surface area contributed by atoms with Crippen molar-refractivity contribution in [3.8, 4) is 5.75 Å². The zero-order chi connectivity index (χ0) is 17.7. The van der Waals surface area contributed by atoms with Crippen LogP contribution in [0.1, 0.15) is 58.4 Å². The fourth-order valence-corrected chi connectivity index (χ4v) is 3.72. The predicted molar refractivity (Wildman–Crippen MR) is 99.6 cm³/mol. The van der Waals surface area contributed by atoms with E-state index in [0.717, 1.165) is 24.3 Å². The smallest absolute Gasteiger partial charge is 0.258 e. The number of carbonyl (C=O) groups excluding carboxylic acids is 1. The summed E-state index contributed by atoms with van der Waals surface area (Å²) in [6.45, 7) is 8.97. The second kappa shape index (κ2) is 8.24. The summed E-state index contributed by atoms with van der Waals surface area (Å²) in [6.07, 6.45) is 5.74. The van der Waals surface area contributed by atoms with Gasteiger partial charge >= 0.3 is 0 Å². The van der Waals surface area contributed by atoms with Crippen molar-refractivity contribution in [1.29, 1.82) is 0 Å². The molecule has 1 aromatic rings. The van der Waals surface area contributed by atoms with E-state index in [4.69, 9.17) is 16.3 Å². The molecule has 0 saturated heterocycles. The first-order valence-corrected chi connectivity index (χ1v) is 9.38. The number of aryl methyl sites for hydroxylation is 1. The van der Waals surface area contributed by atoms with Gasteiger partial charge in [-0.3, -0.25) is 4.79 Å². The third kappa shape index (κ3) is 5.14. The monoisotopic (exact) mass is 351 g/mol. The maximum Gasteiger partial charge on any atom is 0.258 e. The van der Waals surface area contributed by atoms with Gasteiger partial charge in [-0.1, -0.05) is 38.8 Å². The normalized spacial score (nSPS) is 21.4. The van der Waals surface area contributed by atoms with Crippen molar-refractivity contribution in [2.24, 2.45) is 11.3 Å². The number of hydrogen-bond acceptors (Lipinski definition) is 2. The molecule has 1 aliphatic carbocycles. The van der Waals surface area contributed by atoms with E-state index in [1.165, 1.54) is 19.3 Å². The number of rotatable bonds is 6. The third-order valence-electron chi connectivity index (χ3n) is 5.60. The molecule has 4 heteroatoms. The Bertz CT molecular complexity index is 563. The van der Waals surface area contributed by atoms with Crippen molar-refractivity contribution < 1.29 is 9.53 Å². The summed E-state index contributed by atoms with van der Waals surface area (Å²) in [4.78, 5) is 12.1. The molecule has 0 unspecified atom stereocenters. The molecule has 1 N–H and O–H groups in total. The lowest BCUT2D eigenvalue weighted by atomic mass is 9.69. The molecule has 0 radical (unpaired) electrons. The molecule has 2 rings (SSSR count). The summed E-state index contributed by atoms with van der Waals surface area (Å²) in [7, 11) is 0. The molecule has 0 aromatic heterocycles. The van der Waals surface area contributed by atoms with Crippen molar-refractivity contribution in [3.05, 3.63) is 28.8 Å². The fourth-order valence-electron chi connectivity index (χ4n) is 3.50. The summed E-state index contributed by atoms with van der Waals surface area (Å²) in [5, 5.41) is 3.80. The summed E-state index contributed by atoms with van der Waals surface area (Å²) in [5.41, 5.74) is 1.35. The average molecular weight is 352 g/mol. The minimum atomic E-state index is -0.0393. The largest absolute Gasteiger partial charge is 0.484 e. The molecule has 0 aliphatic heterocycles. The molecular formula is C20H30ClNO2. The van der Waals surface area contributed by atoms with Crippen molar-refractivity contribution in [2.45, 2.75) is 65.8 Å². The summed E-state index contributed by atoms with van der Waals surface area (Å²) in [6, 6.07) is 5.71. The van der Waals surface area contributed by atoms with Crippen molar-refractivity contribution in [1.82, 2.24) is 5.32 Å². The van der Waals surface area contributed by atoms with Gasteiger partial charge in [0.25, 0.3) is 5.91 Å². The van der Waals surface area contributed by atoms with Crippen LogP contribution in [0.25, 0.3) is 0 Å². The van der Waals surface area contributed by atoms with E-state index in [0.29, 0.717) is 16.2 Å². The quantitative estimate of drug-likeness (QED) is 0.770. The van der Waals surface area contributed by atoms with E-state index < -0.39 is 0 Å². The van der Waals surface area contributed by atoms with Gasteiger partial charge in [-0.05, 0) is 67.7 Å². The third-order valence-corrected chi connectivity index (χ3v) is 5.84. The number of carbonyl (C=O) groups is 1. The van der Waals surface area contributed by atoms with Crippen LogP contribution in [0.5, 0.6) is 5.75 Å². The minimum absolute atomic E-state index is 0.0393. The molecule has 0 heterocycles. The standard InChI is InChI=1S/C20H30ClNO2/c1-5-20(3,4)15-6-9-17(10-7-15)22-19(23)13-24-18-11-8-16(21)12-14(18)2/h8,11-12,15,17H,5-7,9-10,13H2,1-4H3,(H,22,23). The van der Waals surface area contributed by atoms with E-state index in [9.17, 15) is 4.79 Å². The van der Waals surface area contributed by atoms with Gasteiger partial charge in [0, 0.05) is 11.1 Å². The van der Waals surface area contributed by atoms with Crippen LogP contribution >= 0.6 is 11.6 Å². The van der Waals surface area contributed by atoms with Gasteiger partial charge in [0.05, 0.1) is 0 Å². The Morgan fingerprint density at radius 1 is 1.29 bits per heavy atom. The van der Waals surface area contributed by atoms with Crippen LogP contribution in [-0.2, 0) is 4.79 Å². The van der Waals surface area contributed by atoms with Crippen molar-refractivity contribution in [2.75, 3.05) is 6.61 Å². The van der Waals surface area contributed by atoms with E-state index in [1.54, 1.807) is 6.07 Å². The van der Waals surface area contributed by atoms with Gasteiger partial charge in [0.15, 0.2) is 6.61 Å². The van der Waals surface area contributed by atoms with Crippen molar-refractivity contribution in [3.63, 3.8) is 0 Å². The van der Waals surface area contributed by atoms with Gasteiger partial charge in [0.1, 0.15) is 5.75 Å². The highest BCUT2D eigenvalue weighted by Gasteiger charge is 2.32. The van der Waals surface area contributed by atoms with Crippen LogP contribution in [0.2, 0.25) is 5.02 Å². The number of benzene rings is 1. The Balaban J connectivity index is 1.76. The summed E-state index contributed by atoms with van der Waals surface area (Å²) < 4.78 is 5.62. The Hall–Kier alpha value is -1.22. The van der Waals surface area contributed by atoms with Gasteiger partial charge in [-0.15, -0.1) is 0 Å². The van der Waals surface area contributed by atoms with Gasteiger partial charge in [-0.25, -0.2) is 0 Å². The molecule has 1 fully saturated rings. The van der Waals surface area contributed by atoms with E-state index >= 15 is 0 Å². The average Bonchev–Trinajstić information content (AvgIpc) is 2.54. The molecule has 0 atom stereocenters. The predicted octanol–water partition coefficient (Wildman–Crippen LogP) is 5.14. The second-order valence-electron chi connectivity index (χ2n) is 7.66. The number of ether oxygens (including phenoxy) is 1. The molecule has 24 heavy (non-hydrogen) atoms. The molecule has 0 spiro atoms. The number of hydrogen-bond donors (Lipinski definition) is 1. The van der Waals surface area contributed by atoms with Gasteiger partial charge < -0.3 is 10.1 Å². The van der Waals surface area contributed by atoms with Gasteiger partial charge in [-0.2, -0.15) is 0 Å². The van der Waals surface area contributed by atoms with Crippen LogP contribution < -0.4 is 10.1 Å². The lowest BCUT2D eigenvalue weighted by Crippen LogP contribution is -2.41. The highest BCUT2D eigenvalue weighted by atomic mass is 35.5. The molecule has 1 aromatic carbocycles. The van der Waals surface area contributed by atoms with Crippen LogP contribution in [0.15, 0.2) is 18.2 Å². The maximum absolute atomic E-state index is 12.1. The summed E-state index contributed by atoms with van der Waals surface area (Å²) >= 11 is 5.93. The number of amides is 1. The Morgan fingerprint density at radius 3 is 2.54 bits per heavy atom. The SMILES string of the molecule is CCC(C)(C)C1CCC(NC(=O)COc2ccc(Cl)cc2C)CC1. The zero-order valence-electron chi connectivity index (χ0n) is 15.3. The number of halogens is 1. The van der Waals surface area contributed by atoms with Gasteiger partial charge in [0.2, 0.25) is 0 Å². The zero-order valence-corrected chi connectivity index (χ0v) is 16.1. The second-order valence-corrected chi connectivity index (χ2v) is 8.09. The maximum atomic E-state index is 12.1. The first-order valence-electron chi connectivity index (χ1n) is 9.00. The minimum Gasteiger partial charge on any atom is -0.484 e. The first-order chi connectivity index (χ1) is 11.3. The lowest BCUT2D eigenvalue weighted by molar-refractivity contribution is -0.124. The van der Waals surface area contributed by atoms with Crippen LogP contribution in [0.3, 0.4) is 0 Å². The molecule has 1 aliphatic rings. The molecule has 134 valence electrons. The highest BCUT2D eigenvalue weighted by molar-refractivity contribution is 6.30.